The Labute approximate surface area is 127 Å². The third-order valence-electron chi connectivity index (χ3n) is 2.87. The molecule has 1 atom stereocenters. The van der Waals surface area contributed by atoms with Gasteiger partial charge >= 0.3 is 5.97 Å². The SMILES string of the molecule is C#CCCC[C@@H](/C=C/c1ccccc1)OC(=O)CCC#C. The van der Waals surface area contributed by atoms with Gasteiger partial charge in [-0.05, 0) is 24.5 Å². The summed E-state index contributed by atoms with van der Waals surface area (Å²) in [6, 6.07) is 9.88. The number of benzene rings is 1. The number of hydrogen-bond acceptors (Lipinski definition) is 2. The summed E-state index contributed by atoms with van der Waals surface area (Å²) in [4.78, 5) is 11.7. The van der Waals surface area contributed by atoms with E-state index in [9.17, 15) is 4.79 Å². The second-order valence-electron chi connectivity index (χ2n) is 4.60. The molecule has 0 aliphatic rings. The number of ether oxygens (including phenoxy) is 1. The molecule has 0 heterocycles. The number of carbonyl (C=O) groups excluding carboxylic acids is 1. The lowest BCUT2D eigenvalue weighted by atomic mass is 10.1. The summed E-state index contributed by atoms with van der Waals surface area (Å²) in [5.41, 5.74) is 1.07. The van der Waals surface area contributed by atoms with Crippen LogP contribution >= 0.6 is 0 Å². The van der Waals surface area contributed by atoms with Crippen molar-refractivity contribution in [1.82, 2.24) is 0 Å². The fraction of sp³-hybridized carbons (Fsp3) is 0.316. The van der Waals surface area contributed by atoms with Crippen molar-refractivity contribution in [2.45, 2.75) is 38.2 Å². The predicted octanol–water partition coefficient (Wildman–Crippen LogP) is 3.83. The van der Waals surface area contributed by atoms with Crippen LogP contribution in [0.5, 0.6) is 0 Å². The lowest BCUT2D eigenvalue weighted by molar-refractivity contribution is -0.147. The molecule has 1 aromatic rings. The maximum absolute atomic E-state index is 11.7. The van der Waals surface area contributed by atoms with E-state index in [2.05, 4.69) is 11.8 Å². The highest BCUT2D eigenvalue weighted by Crippen LogP contribution is 2.11. The first-order chi connectivity index (χ1) is 10.3. The highest BCUT2D eigenvalue weighted by Gasteiger charge is 2.10. The van der Waals surface area contributed by atoms with E-state index < -0.39 is 0 Å². The topological polar surface area (TPSA) is 26.3 Å². The zero-order valence-corrected chi connectivity index (χ0v) is 12.1. The second kappa shape index (κ2) is 10.4. The predicted molar refractivity (Wildman–Crippen MR) is 86.1 cm³/mol. The molecule has 0 amide bonds. The molecular formula is C19H20O2. The lowest BCUT2D eigenvalue weighted by Gasteiger charge is -2.13. The van der Waals surface area contributed by atoms with Crippen LogP contribution in [0, 0.1) is 24.7 Å². The molecule has 21 heavy (non-hydrogen) atoms. The van der Waals surface area contributed by atoms with E-state index in [0.717, 1.165) is 18.4 Å². The van der Waals surface area contributed by atoms with Crippen LogP contribution in [-0.4, -0.2) is 12.1 Å². The third kappa shape index (κ3) is 7.65. The fourth-order valence-corrected chi connectivity index (χ4v) is 1.78. The van der Waals surface area contributed by atoms with Crippen LogP contribution < -0.4 is 0 Å². The van der Waals surface area contributed by atoms with Gasteiger partial charge in [-0.25, -0.2) is 0 Å². The summed E-state index contributed by atoms with van der Waals surface area (Å²) < 4.78 is 5.43. The van der Waals surface area contributed by atoms with Gasteiger partial charge in [0, 0.05) is 12.8 Å². The fourth-order valence-electron chi connectivity index (χ4n) is 1.78. The van der Waals surface area contributed by atoms with Gasteiger partial charge in [-0.2, -0.15) is 0 Å². The Morgan fingerprint density at radius 3 is 2.57 bits per heavy atom. The summed E-state index contributed by atoms with van der Waals surface area (Å²) in [6.07, 6.45) is 16.9. The van der Waals surface area contributed by atoms with Gasteiger partial charge in [0.15, 0.2) is 0 Å². The molecule has 1 rings (SSSR count). The molecule has 0 aliphatic carbocycles. The first-order valence-corrected chi connectivity index (χ1v) is 7.06. The third-order valence-corrected chi connectivity index (χ3v) is 2.87. The Morgan fingerprint density at radius 1 is 1.19 bits per heavy atom. The monoisotopic (exact) mass is 280 g/mol. The largest absolute Gasteiger partial charge is 0.458 e. The molecule has 0 N–H and O–H groups in total. The number of carbonyl (C=O) groups is 1. The van der Waals surface area contributed by atoms with Crippen LogP contribution in [-0.2, 0) is 9.53 Å². The van der Waals surface area contributed by atoms with Gasteiger partial charge in [0.2, 0.25) is 0 Å². The Morgan fingerprint density at radius 2 is 1.90 bits per heavy atom. The van der Waals surface area contributed by atoms with Crippen LogP contribution in [0.1, 0.15) is 37.7 Å². The zero-order chi connectivity index (χ0) is 15.3. The van der Waals surface area contributed by atoms with Crippen molar-refractivity contribution in [3.8, 4) is 24.7 Å². The molecule has 0 saturated carbocycles. The first-order valence-electron chi connectivity index (χ1n) is 7.06. The van der Waals surface area contributed by atoms with Crippen molar-refractivity contribution in [3.05, 3.63) is 42.0 Å². The smallest absolute Gasteiger partial charge is 0.307 e. The molecule has 0 radical (unpaired) electrons. The molecule has 0 aromatic heterocycles. The summed E-state index contributed by atoms with van der Waals surface area (Å²) in [5.74, 6) is 4.76. The Balaban J connectivity index is 2.59. The van der Waals surface area contributed by atoms with E-state index in [0.29, 0.717) is 12.8 Å². The second-order valence-corrected chi connectivity index (χ2v) is 4.60. The quantitative estimate of drug-likeness (QED) is 0.411. The highest BCUT2D eigenvalue weighted by molar-refractivity contribution is 5.70. The molecule has 0 fully saturated rings. The molecule has 1 aromatic carbocycles. The van der Waals surface area contributed by atoms with E-state index in [1.807, 2.05) is 42.5 Å². The molecule has 108 valence electrons. The Bertz CT molecular complexity index is 529. The zero-order valence-electron chi connectivity index (χ0n) is 12.1. The summed E-state index contributed by atoms with van der Waals surface area (Å²) in [5, 5.41) is 0. The maximum Gasteiger partial charge on any atom is 0.307 e. The molecule has 0 bridgehead atoms. The van der Waals surface area contributed by atoms with E-state index in [1.165, 1.54) is 0 Å². The molecule has 0 spiro atoms. The summed E-state index contributed by atoms with van der Waals surface area (Å²) >= 11 is 0. The van der Waals surface area contributed by atoms with Gasteiger partial charge in [0.05, 0.1) is 6.42 Å². The normalized spacial score (nSPS) is 11.5. The maximum atomic E-state index is 11.7. The lowest BCUT2D eigenvalue weighted by Crippen LogP contribution is -2.15. The van der Waals surface area contributed by atoms with Crippen molar-refractivity contribution in [2.75, 3.05) is 0 Å². The minimum atomic E-state index is -0.267. The Hall–Kier alpha value is -2.45. The van der Waals surface area contributed by atoms with Crippen molar-refractivity contribution < 1.29 is 9.53 Å². The summed E-state index contributed by atoms with van der Waals surface area (Å²) in [7, 11) is 0. The van der Waals surface area contributed by atoms with Crippen molar-refractivity contribution in [3.63, 3.8) is 0 Å². The van der Waals surface area contributed by atoms with Gasteiger partial charge < -0.3 is 4.74 Å². The minimum absolute atomic E-state index is 0.251. The standard InChI is InChI=1S/C19H20O2/c1-3-5-8-13-18(21-19(20)14-6-4-2)16-15-17-11-9-7-10-12-17/h1-2,7,9-12,15-16,18H,5-6,8,13-14H2/b16-15+/t18-/m0/s1. The molecule has 0 unspecified atom stereocenters. The van der Waals surface area contributed by atoms with E-state index in [1.54, 1.807) is 0 Å². The van der Waals surface area contributed by atoms with Crippen LogP contribution in [0.25, 0.3) is 6.08 Å². The molecule has 2 nitrogen and oxygen atoms in total. The molecule has 2 heteroatoms. The van der Waals surface area contributed by atoms with Gasteiger partial charge in [-0.1, -0.05) is 36.4 Å². The molecule has 0 aliphatic heterocycles. The van der Waals surface area contributed by atoms with Crippen molar-refractivity contribution in [1.29, 1.82) is 0 Å². The van der Waals surface area contributed by atoms with Gasteiger partial charge in [0.25, 0.3) is 0 Å². The van der Waals surface area contributed by atoms with Crippen LogP contribution in [0.15, 0.2) is 36.4 Å². The number of rotatable bonds is 8. The average molecular weight is 280 g/mol. The number of hydrogen-bond donors (Lipinski definition) is 0. The first kappa shape index (κ1) is 16.6. The van der Waals surface area contributed by atoms with E-state index in [-0.39, 0.29) is 18.5 Å². The van der Waals surface area contributed by atoms with Gasteiger partial charge in [0.1, 0.15) is 6.10 Å². The highest BCUT2D eigenvalue weighted by atomic mass is 16.5. The molecular weight excluding hydrogens is 260 g/mol. The van der Waals surface area contributed by atoms with E-state index in [4.69, 9.17) is 17.6 Å². The van der Waals surface area contributed by atoms with Crippen LogP contribution in [0.2, 0.25) is 0 Å². The average Bonchev–Trinajstić information content (AvgIpc) is 2.51. The van der Waals surface area contributed by atoms with Gasteiger partial charge in [-0.3, -0.25) is 4.79 Å². The van der Waals surface area contributed by atoms with Crippen LogP contribution in [0.4, 0.5) is 0 Å². The minimum Gasteiger partial charge on any atom is -0.458 e. The van der Waals surface area contributed by atoms with E-state index >= 15 is 0 Å². The number of esters is 1. The van der Waals surface area contributed by atoms with Crippen molar-refractivity contribution in [2.24, 2.45) is 0 Å². The number of unbranched alkanes of at least 4 members (excludes halogenated alkanes) is 1. The Kier molecular flexibility index (Phi) is 8.18. The van der Waals surface area contributed by atoms with Crippen LogP contribution in [0.3, 0.4) is 0 Å². The molecule has 0 saturated heterocycles. The summed E-state index contributed by atoms with van der Waals surface area (Å²) in [6.45, 7) is 0. The van der Waals surface area contributed by atoms with Crippen molar-refractivity contribution >= 4 is 12.0 Å². The van der Waals surface area contributed by atoms with Gasteiger partial charge in [-0.15, -0.1) is 24.7 Å². The number of terminal acetylenes is 2.